The number of benzene rings is 1. The van der Waals surface area contributed by atoms with Crippen LogP contribution in [0, 0.1) is 5.92 Å². The van der Waals surface area contributed by atoms with E-state index >= 15 is 0 Å². The van der Waals surface area contributed by atoms with Gasteiger partial charge in [-0.25, -0.2) is 0 Å². The van der Waals surface area contributed by atoms with Crippen LogP contribution >= 0.6 is 11.6 Å². The highest BCUT2D eigenvalue weighted by atomic mass is 35.5. The topological polar surface area (TPSA) is 15.3 Å². The maximum Gasteiger partial charge on any atom is 0.0406 e. The highest BCUT2D eigenvalue weighted by Crippen LogP contribution is 2.19. The van der Waals surface area contributed by atoms with E-state index < -0.39 is 0 Å². The number of nitrogens with one attached hydrogen (secondary N) is 1. The van der Waals surface area contributed by atoms with E-state index in [0.29, 0.717) is 6.04 Å². The minimum atomic E-state index is 0.448. The van der Waals surface area contributed by atoms with Gasteiger partial charge in [0.15, 0.2) is 0 Å². The van der Waals surface area contributed by atoms with Crippen LogP contribution < -0.4 is 5.32 Å². The molecule has 2 nitrogen and oxygen atoms in total. The summed E-state index contributed by atoms with van der Waals surface area (Å²) in [5, 5.41) is 4.50. The number of hydrogen-bond donors (Lipinski definition) is 1. The average molecular weight is 309 g/mol. The summed E-state index contributed by atoms with van der Waals surface area (Å²) in [6, 6.07) is 8.68. The van der Waals surface area contributed by atoms with Crippen LogP contribution in [0.4, 0.5) is 0 Å². The summed E-state index contributed by atoms with van der Waals surface area (Å²) in [6.07, 6.45) is 5.09. The molecule has 2 rings (SSSR count). The van der Waals surface area contributed by atoms with Gasteiger partial charge in [0.2, 0.25) is 0 Å². The third kappa shape index (κ3) is 5.61. The van der Waals surface area contributed by atoms with E-state index in [4.69, 9.17) is 11.6 Å². The molecule has 3 heteroatoms. The summed E-state index contributed by atoms with van der Waals surface area (Å²) in [6.45, 7) is 9.50. The van der Waals surface area contributed by atoms with E-state index in [9.17, 15) is 0 Å². The highest BCUT2D eigenvalue weighted by molar-refractivity contribution is 6.30. The first-order chi connectivity index (χ1) is 10.2. The summed E-state index contributed by atoms with van der Waals surface area (Å²) < 4.78 is 0. The molecule has 21 heavy (non-hydrogen) atoms. The molecule has 0 saturated carbocycles. The van der Waals surface area contributed by atoms with Crippen molar-refractivity contribution in [3.8, 4) is 0 Å². The average Bonchev–Trinajstić information content (AvgIpc) is 2.50. The van der Waals surface area contributed by atoms with Crippen molar-refractivity contribution in [1.29, 1.82) is 0 Å². The quantitative estimate of drug-likeness (QED) is 0.746. The lowest BCUT2D eigenvalue weighted by molar-refractivity contribution is 0.189. The van der Waals surface area contributed by atoms with E-state index in [1.807, 2.05) is 12.1 Å². The van der Waals surface area contributed by atoms with Crippen LogP contribution in [0.15, 0.2) is 24.3 Å². The molecule has 1 N–H and O–H groups in total. The minimum absolute atomic E-state index is 0.448. The van der Waals surface area contributed by atoms with Gasteiger partial charge in [-0.1, -0.05) is 37.6 Å². The molecule has 118 valence electrons. The molecule has 1 aromatic rings. The van der Waals surface area contributed by atoms with Crippen molar-refractivity contribution in [2.45, 2.75) is 45.6 Å². The number of piperidine rings is 1. The van der Waals surface area contributed by atoms with Crippen LogP contribution in [0.2, 0.25) is 5.02 Å². The molecule has 0 aromatic heterocycles. The molecule has 0 aliphatic carbocycles. The molecule has 1 aromatic carbocycles. The van der Waals surface area contributed by atoms with Gasteiger partial charge in [0.05, 0.1) is 0 Å². The predicted molar refractivity (Wildman–Crippen MR) is 91.9 cm³/mol. The van der Waals surface area contributed by atoms with E-state index in [1.54, 1.807) is 0 Å². The Morgan fingerprint density at radius 2 is 1.90 bits per heavy atom. The van der Waals surface area contributed by atoms with Gasteiger partial charge in [-0.2, -0.15) is 0 Å². The van der Waals surface area contributed by atoms with Gasteiger partial charge in [0.1, 0.15) is 0 Å². The van der Waals surface area contributed by atoms with Gasteiger partial charge in [0, 0.05) is 11.1 Å². The van der Waals surface area contributed by atoms with Crippen molar-refractivity contribution >= 4 is 11.6 Å². The first-order valence-corrected chi connectivity index (χ1v) is 8.78. The van der Waals surface area contributed by atoms with Gasteiger partial charge in [-0.05, 0) is 75.5 Å². The smallest absolute Gasteiger partial charge is 0.0406 e. The third-order valence-corrected chi connectivity index (χ3v) is 4.85. The van der Waals surface area contributed by atoms with Crippen LogP contribution in [0.5, 0.6) is 0 Å². The van der Waals surface area contributed by atoms with Crippen molar-refractivity contribution < 1.29 is 0 Å². The van der Waals surface area contributed by atoms with Crippen molar-refractivity contribution in [1.82, 2.24) is 10.2 Å². The monoisotopic (exact) mass is 308 g/mol. The Morgan fingerprint density at radius 1 is 1.24 bits per heavy atom. The van der Waals surface area contributed by atoms with Gasteiger partial charge >= 0.3 is 0 Å². The van der Waals surface area contributed by atoms with Gasteiger partial charge in [0.25, 0.3) is 0 Å². The molecule has 1 heterocycles. The largest absolute Gasteiger partial charge is 0.310 e. The summed E-state index contributed by atoms with van der Waals surface area (Å²) in [5.41, 5.74) is 1.34. The van der Waals surface area contributed by atoms with Crippen LogP contribution in [0.3, 0.4) is 0 Å². The summed E-state index contributed by atoms with van der Waals surface area (Å²) in [5.74, 6) is 0.925. The zero-order valence-electron chi connectivity index (χ0n) is 13.4. The Balaban J connectivity index is 1.67. The molecule has 1 saturated heterocycles. The maximum absolute atomic E-state index is 5.96. The second-order valence-electron chi connectivity index (χ2n) is 6.34. The molecule has 1 fully saturated rings. The molecular formula is C18H29ClN2. The number of hydrogen-bond acceptors (Lipinski definition) is 2. The van der Waals surface area contributed by atoms with Crippen LogP contribution in [0.25, 0.3) is 0 Å². The second kappa shape index (κ2) is 8.77. The van der Waals surface area contributed by atoms with Gasteiger partial charge in [-0.3, -0.25) is 0 Å². The van der Waals surface area contributed by atoms with Crippen LogP contribution in [0.1, 0.15) is 51.1 Å². The zero-order chi connectivity index (χ0) is 15.1. The van der Waals surface area contributed by atoms with Crippen LogP contribution in [-0.4, -0.2) is 31.1 Å². The fourth-order valence-corrected chi connectivity index (χ4v) is 3.18. The molecular weight excluding hydrogens is 280 g/mol. The Bertz CT molecular complexity index is 396. The molecule has 0 radical (unpaired) electrons. The second-order valence-corrected chi connectivity index (χ2v) is 6.78. The molecule has 0 amide bonds. The number of halogens is 1. The SMILES string of the molecule is CCC(NCCCN1CCC(C)CC1)c1ccc(Cl)cc1. The minimum Gasteiger partial charge on any atom is -0.310 e. The molecule has 1 aliphatic rings. The Hall–Kier alpha value is -0.570. The van der Waals surface area contributed by atoms with Crippen LogP contribution in [-0.2, 0) is 0 Å². The van der Waals surface area contributed by atoms with E-state index in [0.717, 1.165) is 23.9 Å². The van der Waals surface area contributed by atoms with Gasteiger partial charge in [-0.15, -0.1) is 0 Å². The first kappa shape index (κ1) is 16.8. The maximum atomic E-state index is 5.96. The predicted octanol–water partition coefficient (Wildman–Crippen LogP) is 4.50. The lowest BCUT2D eigenvalue weighted by atomic mass is 9.99. The number of likely N-dealkylation sites (tertiary alicyclic amines) is 1. The summed E-state index contributed by atoms with van der Waals surface area (Å²) >= 11 is 5.96. The Morgan fingerprint density at radius 3 is 2.52 bits per heavy atom. The van der Waals surface area contributed by atoms with Crippen molar-refractivity contribution in [3.05, 3.63) is 34.9 Å². The Kier molecular flexibility index (Phi) is 7.01. The van der Waals surface area contributed by atoms with Crippen molar-refractivity contribution in [2.75, 3.05) is 26.2 Å². The number of nitrogens with zero attached hydrogens (tertiary/aromatic N) is 1. The molecule has 1 unspecified atom stereocenters. The van der Waals surface area contributed by atoms with E-state index in [1.165, 1.54) is 44.5 Å². The van der Waals surface area contributed by atoms with E-state index in [2.05, 4.69) is 36.2 Å². The fourth-order valence-electron chi connectivity index (χ4n) is 3.06. The highest BCUT2D eigenvalue weighted by Gasteiger charge is 2.15. The molecule has 1 aliphatic heterocycles. The zero-order valence-corrected chi connectivity index (χ0v) is 14.2. The summed E-state index contributed by atoms with van der Waals surface area (Å²) in [7, 11) is 0. The summed E-state index contributed by atoms with van der Waals surface area (Å²) in [4.78, 5) is 2.62. The normalized spacial score (nSPS) is 18.8. The number of rotatable bonds is 7. The Labute approximate surface area is 134 Å². The van der Waals surface area contributed by atoms with E-state index in [-0.39, 0.29) is 0 Å². The van der Waals surface area contributed by atoms with Crippen molar-refractivity contribution in [3.63, 3.8) is 0 Å². The lowest BCUT2D eigenvalue weighted by Crippen LogP contribution is -2.35. The molecule has 1 atom stereocenters. The fraction of sp³-hybridized carbons (Fsp3) is 0.667. The third-order valence-electron chi connectivity index (χ3n) is 4.60. The lowest BCUT2D eigenvalue weighted by Gasteiger charge is -2.30. The molecule has 0 spiro atoms. The van der Waals surface area contributed by atoms with Gasteiger partial charge < -0.3 is 10.2 Å². The first-order valence-electron chi connectivity index (χ1n) is 8.40. The standard InChI is InChI=1S/C18H29ClN2/c1-3-18(16-5-7-17(19)8-6-16)20-11-4-12-21-13-9-15(2)10-14-21/h5-8,15,18,20H,3-4,9-14H2,1-2H3. The molecule has 0 bridgehead atoms. The van der Waals surface area contributed by atoms with Crippen molar-refractivity contribution in [2.24, 2.45) is 5.92 Å².